The molecule has 1 aromatic carbocycles. The summed E-state index contributed by atoms with van der Waals surface area (Å²) in [6.45, 7) is 6.88. The Bertz CT molecular complexity index is 481. The number of hydrogen-bond acceptors (Lipinski definition) is 3. The summed E-state index contributed by atoms with van der Waals surface area (Å²) in [5.74, 6) is -1.11. The van der Waals surface area contributed by atoms with E-state index in [1.807, 2.05) is 18.2 Å². The van der Waals surface area contributed by atoms with E-state index >= 15 is 0 Å². The molecule has 5 heteroatoms. The Balaban J connectivity index is 2.58. The maximum absolute atomic E-state index is 11.8. The van der Waals surface area contributed by atoms with Gasteiger partial charge in [0.1, 0.15) is 0 Å². The zero-order chi connectivity index (χ0) is 15.4. The third-order valence-corrected chi connectivity index (χ3v) is 3.85. The van der Waals surface area contributed by atoms with E-state index in [0.29, 0.717) is 0 Å². The van der Waals surface area contributed by atoms with E-state index in [9.17, 15) is 14.7 Å². The van der Waals surface area contributed by atoms with Crippen LogP contribution in [0.3, 0.4) is 0 Å². The molecular weight excluding hydrogens is 256 g/mol. The summed E-state index contributed by atoms with van der Waals surface area (Å²) < 4.78 is 0. The first-order valence-electron chi connectivity index (χ1n) is 6.50. The molecule has 0 aromatic heterocycles. The van der Waals surface area contributed by atoms with Gasteiger partial charge in [-0.15, -0.1) is 0 Å². The number of carboxylic acids is 1. The molecule has 0 radical (unpaired) electrons. The van der Waals surface area contributed by atoms with Crippen LogP contribution in [-0.4, -0.2) is 29.1 Å². The van der Waals surface area contributed by atoms with Crippen LogP contribution >= 0.6 is 0 Å². The highest BCUT2D eigenvalue weighted by atomic mass is 16.4. The second kappa shape index (κ2) is 6.05. The molecule has 1 amide bonds. The molecule has 1 rings (SSSR count). The van der Waals surface area contributed by atoms with Crippen molar-refractivity contribution in [3.8, 4) is 0 Å². The number of aliphatic carboxylic acids is 1. The quantitative estimate of drug-likeness (QED) is 0.744. The number of carbonyl (C=O) groups excluding carboxylic acids is 1. The van der Waals surface area contributed by atoms with Gasteiger partial charge in [-0.2, -0.15) is 0 Å². The van der Waals surface area contributed by atoms with E-state index in [0.717, 1.165) is 5.69 Å². The van der Waals surface area contributed by atoms with Gasteiger partial charge >= 0.3 is 5.97 Å². The number of nitrogens with one attached hydrogen (secondary N) is 2. The second-order valence-corrected chi connectivity index (χ2v) is 5.82. The van der Waals surface area contributed by atoms with Crippen LogP contribution in [0.1, 0.15) is 27.7 Å². The van der Waals surface area contributed by atoms with Crippen molar-refractivity contribution in [2.45, 2.75) is 33.2 Å². The molecule has 110 valence electrons. The standard InChI is InChI=1S/C15H22N2O3/c1-14(2,13(19)20)15(3,4)16-10-12(18)17-11-8-6-5-7-9-11/h5-9,16H,10H2,1-4H3,(H,17,18)(H,19,20). The number of carbonyl (C=O) groups is 2. The molecule has 0 spiro atoms. The molecule has 0 aliphatic carbocycles. The lowest BCUT2D eigenvalue weighted by atomic mass is 9.74. The molecule has 0 aliphatic rings. The Morgan fingerprint density at radius 1 is 1.10 bits per heavy atom. The minimum atomic E-state index is -0.986. The molecule has 0 saturated carbocycles. The Labute approximate surface area is 119 Å². The lowest BCUT2D eigenvalue weighted by Crippen LogP contribution is -2.56. The monoisotopic (exact) mass is 278 g/mol. The lowest BCUT2D eigenvalue weighted by molar-refractivity contribution is -0.151. The fourth-order valence-electron chi connectivity index (χ4n) is 1.52. The fourth-order valence-corrected chi connectivity index (χ4v) is 1.52. The summed E-state index contributed by atoms with van der Waals surface area (Å²) in [4.78, 5) is 23.1. The molecule has 0 fully saturated rings. The van der Waals surface area contributed by atoms with Gasteiger partial charge in [0.15, 0.2) is 0 Å². The molecule has 0 heterocycles. The van der Waals surface area contributed by atoms with Crippen LogP contribution in [0.25, 0.3) is 0 Å². The largest absolute Gasteiger partial charge is 0.481 e. The van der Waals surface area contributed by atoms with Gasteiger partial charge in [0, 0.05) is 11.2 Å². The summed E-state index contributed by atoms with van der Waals surface area (Å²) in [7, 11) is 0. The number of benzene rings is 1. The first-order valence-corrected chi connectivity index (χ1v) is 6.50. The summed E-state index contributed by atoms with van der Waals surface area (Å²) in [5.41, 5.74) is -0.984. The van der Waals surface area contributed by atoms with E-state index in [-0.39, 0.29) is 12.5 Å². The molecule has 0 aliphatic heterocycles. The fraction of sp³-hybridized carbons (Fsp3) is 0.467. The van der Waals surface area contributed by atoms with Gasteiger partial charge in [0.05, 0.1) is 12.0 Å². The van der Waals surface area contributed by atoms with E-state index in [1.54, 1.807) is 39.8 Å². The van der Waals surface area contributed by atoms with E-state index in [4.69, 9.17) is 0 Å². The molecule has 0 unspecified atom stereocenters. The normalized spacial score (nSPS) is 12.0. The van der Waals surface area contributed by atoms with Crippen molar-refractivity contribution < 1.29 is 14.7 Å². The zero-order valence-electron chi connectivity index (χ0n) is 12.4. The molecule has 3 N–H and O–H groups in total. The summed E-state index contributed by atoms with van der Waals surface area (Å²) in [6.07, 6.45) is 0. The van der Waals surface area contributed by atoms with Gasteiger partial charge in [-0.25, -0.2) is 0 Å². The topological polar surface area (TPSA) is 78.4 Å². The van der Waals surface area contributed by atoms with E-state index in [1.165, 1.54) is 0 Å². The molecular formula is C15H22N2O3. The highest BCUT2D eigenvalue weighted by Gasteiger charge is 2.43. The summed E-state index contributed by atoms with van der Waals surface area (Å²) >= 11 is 0. The van der Waals surface area contributed by atoms with Gasteiger partial charge in [-0.05, 0) is 39.8 Å². The Morgan fingerprint density at radius 3 is 2.15 bits per heavy atom. The average molecular weight is 278 g/mol. The first-order chi connectivity index (χ1) is 9.17. The number of amides is 1. The average Bonchev–Trinajstić information content (AvgIpc) is 2.37. The number of anilines is 1. The molecule has 1 aromatic rings. The van der Waals surface area contributed by atoms with Crippen LogP contribution in [0, 0.1) is 5.41 Å². The van der Waals surface area contributed by atoms with Gasteiger partial charge in [-0.3, -0.25) is 9.59 Å². The predicted molar refractivity (Wildman–Crippen MR) is 78.6 cm³/mol. The minimum Gasteiger partial charge on any atom is -0.481 e. The van der Waals surface area contributed by atoms with Gasteiger partial charge < -0.3 is 15.7 Å². The lowest BCUT2D eigenvalue weighted by Gasteiger charge is -2.38. The summed E-state index contributed by atoms with van der Waals surface area (Å²) in [5, 5.41) is 15.0. The molecule has 0 atom stereocenters. The van der Waals surface area contributed by atoms with Crippen molar-refractivity contribution >= 4 is 17.6 Å². The Hall–Kier alpha value is -1.88. The van der Waals surface area contributed by atoms with Gasteiger partial charge in [0.2, 0.25) is 5.91 Å². The number of carboxylic acid groups (broad SMARTS) is 1. The summed E-state index contributed by atoms with van der Waals surface area (Å²) in [6, 6.07) is 9.13. The zero-order valence-corrected chi connectivity index (χ0v) is 12.4. The maximum Gasteiger partial charge on any atom is 0.310 e. The minimum absolute atomic E-state index is 0.0542. The smallest absolute Gasteiger partial charge is 0.310 e. The van der Waals surface area contributed by atoms with Crippen molar-refractivity contribution in [3.63, 3.8) is 0 Å². The molecule has 0 bridgehead atoms. The highest BCUT2D eigenvalue weighted by molar-refractivity contribution is 5.92. The van der Waals surface area contributed by atoms with Crippen molar-refractivity contribution in [1.29, 1.82) is 0 Å². The van der Waals surface area contributed by atoms with Crippen molar-refractivity contribution in [2.24, 2.45) is 5.41 Å². The number of para-hydroxylation sites is 1. The van der Waals surface area contributed by atoms with E-state index < -0.39 is 16.9 Å². The number of hydrogen-bond donors (Lipinski definition) is 3. The molecule has 0 saturated heterocycles. The van der Waals surface area contributed by atoms with Gasteiger partial charge in [-0.1, -0.05) is 18.2 Å². The molecule has 5 nitrogen and oxygen atoms in total. The third-order valence-electron chi connectivity index (χ3n) is 3.85. The van der Waals surface area contributed by atoms with Gasteiger partial charge in [0.25, 0.3) is 0 Å². The molecule has 20 heavy (non-hydrogen) atoms. The van der Waals surface area contributed by atoms with Crippen LogP contribution in [0.5, 0.6) is 0 Å². The third kappa shape index (κ3) is 3.81. The Morgan fingerprint density at radius 2 is 1.65 bits per heavy atom. The maximum atomic E-state index is 11.8. The highest BCUT2D eigenvalue weighted by Crippen LogP contribution is 2.30. The van der Waals surface area contributed by atoms with Crippen LogP contribution in [0.15, 0.2) is 30.3 Å². The number of rotatable bonds is 6. The first kappa shape index (κ1) is 16.2. The van der Waals surface area contributed by atoms with Crippen LogP contribution in [0.2, 0.25) is 0 Å². The van der Waals surface area contributed by atoms with Crippen molar-refractivity contribution in [3.05, 3.63) is 30.3 Å². The van der Waals surface area contributed by atoms with Crippen LogP contribution in [-0.2, 0) is 9.59 Å². The van der Waals surface area contributed by atoms with E-state index in [2.05, 4.69) is 10.6 Å². The SMILES string of the molecule is CC(C)(NCC(=O)Nc1ccccc1)C(C)(C)C(=O)O. The Kier molecular flexibility index (Phi) is 4.89. The van der Waals surface area contributed by atoms with Crippen LogP contribution < -0.4 is 10.6 Å². The van der Waals surface area contributed by atoms with Crippen LogP contribution in [0.4, 0.5) is 5.69 Å². The van der Waals surface area contributed by atoms with Crippen molar-refractivity contribution in [2.75, 3.05) is 11.9 Å². The van der Waals surface area contributed by atoms with Crippen molar-refractivity contribution in [1.82, 2.24) is 5.32 Å². The predicted octanol–water partition coefficient (Wildman–Crippen LogP) is 2.10. The second-order valence-electron chi connectivity index (χ2n) is 5.82.